The van der Waals surface area contributed by atoms with Gasteiger partial charge in [0.25, 0.3) is 5.91 Å². The van der Waals surface area contributed by atoms with Gasteiger partial charge in [0.1, 0.15) is 0 Å². The molecule has 134 valence electrons. The van der Waals surface area contributed by atoms with Crippen molar-refractivity contribution in [2.45, 2.75) is 6.92 Å². The molecule has 1 amide bonds. The van der Waals surface area contributed by atoms with Crippen molar-refractivity contribution in [3.63, 3.8) is 0 Å². The van der Waals surface area contributed by atoms with Crippen molar-refractivity contribution >= 4 is 11.7 Å². The van der Waals surface area contributed by atoms with E-state index in [-0.39, 0.29) is 18.2 Å². The van der Waals surface area contributed by atoms with Crippen molar-refractivity contribution in [3.8, 4) is 29.9 Å². The summed E-state index contributed by atoms with van der Waals surface area (Å²) in [4.78, 5) is 16.7. The van der Waals surface area contributed by atoms with Crippen LogP contribution >= 0.6 is 0 Å². The Morgan fingerprint density at radius 2 is 2.19 bits per heavy atom. The number of amides is 1. The molecule has 0 aliphatic rings. The topological polar surface area (TPSA) is 68.2 Å². The molecule has 0 saturated carbocycles. The van der Waals surface area contributed by atoms with Crippen LogP contribution in [0.1, 0.15) is 28.8 Å². The number of carbonyl (C=O) groups is 1. The minimum Gasteiger partial charge on any atom is -0.494 e. The number of rotatable bonds is 5. The zero-order chi connectivity index (χ0) is 19.1. The molecule has 26 heavy (non-hydrogen) atoms. The molecule has 2 aromatic rings. The summed E-state index contributed by atoms with van der Waals surface area (Å²) in [6.45, 7) is 2.59. The van der Waals surface area contributed by atoms with Gasteiger partial charge in [0.2, 0.25) is 0 Å². The Balaban J connectivity index is 2.38. The van der Waals surface area contributed by atoms with Gasteiger partial charge in [-0.2, -0.15) is 0 Å². The van der Waals surface area contributed by atoms with Crippen molar-refractivity contribution in [1.29, 1.82) is 0 Å². The fourth-order valence-electron chi connectivity index (χ4n) is 2.25. The highest BCUT2D eigenvalue weighted by Gasteiger charge is 2.19. The minimum absolute atomic E-state index is 0.113. The predicted molar refractivity (Wildman–Crippen MR) is 97.5 cm³/mol. The van der Waals surface area contributed by atoms with E-state index < -0.39 is 5.82 Å². The molecule has 0 fully saturated rings. The average Bonchev–Trinajstić information content (AvgIpc) is 2.94. The van der Waals surface area contributed by atoms with Gasteiger partial charge in [0.05, 0.1) is 13.7 Å². The second-order valence-electron chi connectivity index (χ2n) is 5.21. The molecule has 0 radical (unpaired) electrons. The van der Waals surface area contributed by atoms with Gasteiger partial charge in [0, 0.05) is 19.2 Å². The summed E-state index contributed by atoms with van der Waals surface area (Å²) in [7, 11) is 3.07. The van der Waals surface area contributed by atoms with Crippen molar-refractivity contribution in [3.05, 3.63) is 41.1 Å². The van der Waals surface area contributed by atoms with E-state index in [1.165, 1.54) is 19.2 Å². The molecule has 1 aromatic heterocycles. The van der Waals surface area contributed by atoms with E-state index >= 15 is 0 Å². The molecule has 0 atom stereocenters. The normalized spacial score (nSPS) is 9.65. The zero-order valence-corrected chi connectivity index (χ0v) is 14.8. The van der Waals surface area contributed by atoms with Gasteiger partial charge >= 0.3 is 0 Å². The van der Waals surface area contributed by atoms with Crippen LogP contribution < -0.4 is 15.4 Å². The highest BCUT2D eigenvalue weighted by atomic mass is 19.1. The van der Waals surface area contributed by atoms with Crippen molar-refractivity contribution in [1.82, 2.24) is 14.9 Å². The molecule has 2 rings (SSSR count). The molecule has 0 aliphatic carbocycles. The summed E-state index contributed by atoms with van der Waals surface area (Å²) in [5, 5.41) is 5.64. The number of imidazole rings is 1. The van der Waals surface area contributed by atoms with Crippen LogP contribution in [0.5, 0.6) is 5.75 Å². The van der Waals surface area contributed by atoms with Gasteiger partial charge in [-0.1, -0.05) is 11.8 Å². The average molecular weight is 354 g/mol. The van der Waals surface area contributed by atoms with Crippen molar-refractivity contribution in [2.24, 2.45) is 7.05 Å². The van der Waals surface area contributed by atoms with Gasteiger partial charge < -0.3 is 19.9 Å². The highest BCUT2D eigenvalue weighted by Crippen LogP contribution is 2.18. The second kappa shape index (κ2) is 8.59. The number of hydrogen-bond acceptors (Lipinski definition) is 4. The van der Waals surface area contributed by atoms with Gasteiger partial charge in [-0.25, -0.2) is 9.37 Å². The van der Waals surface area contributed by atoms with Crippen LogP contribution in [0.2, 0.25) is 0 Å². The molecular weight excluding hydrogens is 335 g/mol. The summed E-state index contributed by atoms with van der Waals surface area (Å²) < 4.78 is 20.2. The maximum Gasteiger partial charge on any atom is 0.272 e. The van der Waals surface area contributed by atoms with Crippen molar-refractivity contribution in [2.75, 3.05) is 25.5 Å². The summed E-state index contributed by atoms with van der Waals surface area (Å²) in [5.41, 5.74) is 0.793. The van der Waals surface area contributed by atoms with E-state index in [0.717, 1.165) is 0 Å². The zero-order valence-electron chi connectivity index (χ0n) is 14.8. The van der Waals surface area contributed by atoms with E-state index in [1.54, 1.807) is 17.7 Å². The lowest BCUT2D eigenvalue weighted by atomic mass is 10.2. The summed E-state index contributed by atoms with van der Waals surface area (Å²) in [5.74, 6) is 8.12. The number of halogens is 1. The van der Waals surface area contributed by atoms with Gasteiger partial charge in [-0.15, -0.1) is 6.42 Å². The van der Waals surface area contributed by atoms with Crippen LogP contribution in [-0.2, 0) is 7.05 Å². The van der Waals surface area contributed by atoms with E-state index in [9.17, 15) is 9.18 Å². The van der Waals surface area contributed by atoms with E-state index in [1.807, 2.05) is 6.92 Å². The maximum absolute atomic E-state index is 13.8. The Hall–Kier alpha value is -3.45. The smallest absolute Gasteiger partial charge is 0.272 e. The number of terminal acetylenes is 1. The third-order valence-electron chi connectivity index (χ3n) is 3.48. The Morgan fingerprint density at radius 1 is 1.42 bits per heavy atom. The van der Waals surface area contributed by atoms with Gasteiger partial charge in [-0.05, 0) is 31.0 Å². The number of methoxy groups -OCH3 is 1. The molecule has 1 aromatic carbocycles. The number of hydrogen-bond donors (Lipinski definition) is 2. The maximum atomic E-state index is 13.8. The number of anilines is 1. The second-order valence-corrected chi connectivity index (χ2v) is 5.21. The third-order valence-corrected chi connectivity index (χ3v) is 3.48. The first-order valence-electron chi connectivity index (χ1n) is 7.89. The van der Waals surface area contributed by atoms with E-state index in [2.05, 4.69) is 33.4 Å². The minimum atomic E-state index is -0.498. The Labute approximate surface area is 151 Å². The molecule has 0 spiro atoms. The van der Waals surface area contributed by atoms with Crippen LogP contribution in [0.25, 0.3) is 0 Å². The molecule has 6 nitrogen and oxygen atoms in total. The third kappa shape index (κ3) is 4.14. The Morgan fingerprint density at radius 3 is 2.81 bits per heavy atom. The molecule has 0 aliphatic heterocycles. The Bertz CT molecular complexity index is 916. The summed E-state index contributed by atoms with van der Waals surface area (Å²) >= 11 is 0. The summed E-state index contributed by atoms with van der Waals surface area (Å²) in [6, 6.07) is 4.42. The van der Waals surface area contributed by atoms with E-state index in [4.69, 9.17) is 11.2 Å². The first-order chi connectivity index (χ1) is 12.5. The highest BCUT2D eigenvalue weighted by molar-refractivity contribution is 5.97. The lowest BCUT2D eigenvalue weighted by Crippen LogP contribution is -2.26. The van der Waals surface area contributed by atoms with Gasteiger partial charge in [0.15, 0.2) is 28.9 Å². The number of ether oxygens (including phenoxy) is 1. The van der Waals surface area contributed by atoms with Crippen LogP contribution in [0, 0.1) is 30.0 Å². The molecule has 1 heterocycles. The largest absolute Gasteiger partial charge is 0.494 e. The standard InChI is InChI=1S/C19H19FN4O2/c1-5-11-22-19(25)17-18(21-6-2)23-16(24(17)3)10-8-13-7-9-15(26-4)14(20)12-13/h1,7,9,12,21H,6,11H2,2-4H3,(H,22,25). The van der Waals surface area contributed by atoms with E-state index in [0.29, 0.717) is 29.4 Å². The fourth-order valence-corrected chi connectivity index (χ4v) is 2.25. The quantitative estimate of drug-likeness (QED) is 0.803. The van der Waals surface area contributed by atoms with Crippen LogP contribution in [-0.4, -0.2) is 35.7 Å². The SMILES string of the molecule is C#CCNC(=O)c1c(NCC)nc(C#Cc2ccc(OC)c(F)c2)n1C. The number of carbonyl (C=O) groups excluding carboxylic acids is 1. The molecular formula is C19H19FN4O2. The number of benzene rings is 1. The molecule has 2 N–H and O–H groups in total. The first kappa shape index (κ1) is 18.9. The lowest BCUT2D eigenvalue weighted by Gasteiger charge is -2.06. The molecule has 0 saturated heterocycles. The van der Waals surface area contributed by atoms with Gasteiger partial charge in [-0.3, -0.25) is 4.79 Å². The predicted octanol–water partition coefficient (Wildman–Crippen LogP) is 1.76. The lowest BCUT2D eigenvalue weighted by molar-refractivity contribution is 0.0951. The molecule has 0 unspecified atom stereocenters. The molecule has 7 heteroatoms. The molecule has 0 bridgehead atoms. The van der Waals surface area contributed by atoms with Crippen LogP contribution in [0.4, 0.5) is 10.2 Å². The number of nitrogens with zero attached hydrogens (tertiary/aromatic N) is 2. The summed E-state index contributed by atoms with van der Waals surface area (Å²) in [6.07, 6.45) is 5.18. The number of aromatic nitrogens is 2. The monoisotopic (exact) mass is 354 g/mol. The van der Waals surface area contributed by atoms with Crippen LogP contribution in [0.3, 0.4) is 0 Å². The Kier molecular flexibility index (Phi) is 6.24. The van der Waals surface area contributed by atoms with Crippen LogP contribution in [0.15, 0.2) is 18.2 Å². The van der Waals surface area contributed by atoms with Crippen molar-refractivity contribution < 1.29 is 13.9 Å². The first-order valence-corrected chi connectivity index (χ1v) is 7.89. The fraction of sp³-hybridized carbons (Fsp3) is 0.263. The number of nitrogens with one attached hydrogen (secondary N) is 2.